The Morgan fingerprint density at radius 1 is 1.56 bits per heavy atom. The smallest absolute Gasteiger partial charge is 0.0477 e. The zero-order chi connectivity index (χ0) is 7.28. The van der Waals surface area contributed by atoms with Gasteiger partial charge in [-0.3, -0.25) is 0 Å². The molecular weight excluding hydrogens is 112 g/mol. The number of hydrogen-bond acceptors (Lipinski definition) is 2. The summed E-state index contributed by atoms with van der Waals surface area (Å²) in [5.74, 6) is 0. The molecule has 0 rings (SSSR count). The van der Waals surface area contributed by atoms with Gasteiger partial charge in [-0.1, -0.05) is 6.08 Å². The SMILES string of the molecule is C/C=C(\C=N)NC(C)C. The van der Waals surface area contributed by atoms with Crippen LogP contribution in [0.25, 0.3) is 0 Å². The van der Waals surface area contributed by atoms with Crippen LogP contribution in [-0.2, 0) is 0 Å². The lowest BCUT2D eigenvalue weighted by molar-refractivity contribution is 0.688. The third-order valence-corrected chi connectivity index (χ3v) is 0.922. The van der Waals surface area contributed by atoms with Crippen molar-refractivity contribution in [3.05, 3.63) is 11.8 Å². The van der Waals surface area contributed by atoms with Gasteiger partial charge in [-0.2, -0.15) is 0 Å². The fourth-order valence-electron chi connectivity index (χ4n) is 0.542. The van der Waals surface area contributed by atoms with Crippen LogP contribution in [0.4, 0.5) is 0 Å². The second-order valence-electron chi connectivity index (χ2n) is 2.19. The molecule has 0 aromatic carbocycles. The van der Waals surface area contributed by atoms with Crippen molar-refractivity contribution in [1.82, 2.24) is 5.32 Å². The molecule has 0 radical (unpaired) electrons. The second kappa shape index (κ2) is 4.13. The molecule has 0 saturated carbocycles. The Morgan fingerprint density at radius 2 is 2.11 bits per heavy atom. The molecule has 0 saturated heterocycles. The predicted molar refractivity (Wildman–Crippen MR) is 40.8 cm³/mol. The Hall–Kier alpha value is -0.790. The Kier molecular flexibility index (Phi) is 3.76. The summed E-state index contributed by atoms with van der Waals surface area (Å²) in [6.07, 6.45) is 3.20. The van der Waals surface area contributed by atoms with E-state index in [-0.39, 0.29) is 0 Å². The normalized spacial score (nSPS) is 11.8. The first-order valence-corrected chi connectivity index (χ1v) is 3.14. The summed E-state index contributed by atoms with van der Waals surface area (Å²) in [7, 11) is 0. The van der Waals surface area contributed by atoms with Crippen molar-refractivity contribution in [3.63, 3.8) is 0 Å². The fraction of sp³-hybridized carbons (Fsp3) is 0.571. The van der Waals surface area contributed by atoms with Gasteiger partial charge in [0.25, 0.3) is 0 Å². The van der Waals surface area contributed by atoms with Gasteiger partial charge in [0, 0.05) is 18.0 Å². The highest BCUT2D eigenvalue weighted by atomic mass is 14.9. The van der Waals surface area contributed by atoms with Gasteiger partial charge in [-0.25, -0.2) is 0 Å². The van der Waals surface area contributed by atoms with Crippen LogP contribution < -0.4 is 5.32 Å². The molecule has 0 atom stereocenters. The van der Waals surface area contributed by atoms with Gasteiger partial charge in [0.05, 0.1) is 0 Å². The van der Waals surface area contributed by atoms with E-state index in [4.69, 9.17) is 5.41 Å². The molecule has 0 aliphatic rings. The molecule has 0 amide bonds. The minimum absolute atomic E-state index is 0.415. The van der Waals surface area contributed by atoms with Crippen molar-refractivity contribution in [2.45, 2.75) is 26.8 Å². The molecular formula is C7H14N2. The van der Waals surface area contributed by atoms with Gasteiger partial charge in [0.15, 0.2) is 0 Å². The molecule has 0 aliphatic carbocycles. The molecule has 0 spiro atoms. The number of hydrogen-bond donors (Lipinski definition) is 2. The molecule has 0 bridgehead atoms. The van der Waals surface area contributed by atoms with Crippen LogP contribution in [0.15, 0.2) is 11.8 Å². The van der Waals surface area contributed by atoms with E-state index in [1.165, 1.54) is 6.21 Å². The average molecular weight is 126 g/mol. The summed E-state index contributed by atoms with van der Waals surface area (Å²) in [5, 5.41) is 9.99. The van der Waals surface area contributed by atoms with Crippen molar-refractivity contribution in [1.29, 1.82) is 5.41 Å². The Balaban J connectivity index is 3.71. The van der Waals surface area contributed by atoms with Crippen LogP contribution in [0.3, 0.4) is 0 Å². The van der Waals surface area contributed by atoms with Gasteiger partial charge < -0.3 is 10.7 Å². The number of rotatable bonds is 3. The minimum atomic E-state index is 0.415. The Morgan fingerprint density at radius 3 is 2.22 bits per heavy atom. The van der Waals surface area contributed by atoms with Crippen molar-refractivity contribution < 1.29 is 0 Å². The summed E-state index contributed by atoms with van der Waals surface area (Å²) in [4.78, 5) is 0. The van der Waals surface area contributed by atoms with Gasteiger partial charge in [-0.05, 0) is 20.8 Å². The zero-order valence-electron chi connectivity index (χ0n) is 6.23. The summed E-state index contributed by atoms with van der Waals surface area (Å²) in [6, 6.07) is 0.415. The third kappa shape index (κ3) is 3.76. The highest BCUT2D eigenvalue weighted by Crippen LogP contribution is 1.85. The summed E-state index contributed by atoms with van der Waals surface area (Å²) >= 11 is 0. The molecule has 0 heterocycles. The first kappa shape index (κ1) is 8.21. The van der Waals surface area contributed by atoms with E-state index in [9.17, 15) is 0 Å². The predicted octanol–water partition coefficient (Wildman–Crippen LogP) is 1.54. The van der Waals surface area contributed by atoms with Crippen LogP contribution >= 0.6 is 0 Å². The van der Waals surface area contributed by atoms with E-state index >= 15 is 0 Å². The molecule has 0 fully saturated rings. The van der Waals surface area contributed by atoms with E-state index in [1.54, 1.807) is 0 Å². The topological polar surface area (TPSA) is 35.9 Å². The van der Waals surface area contributed by atoms with Gasteiger partial charge in [-0.15, -0.1) is 0 Å². The van der Waals surface area contributed by atoms with Crippen molar-refractivity contribution in [2.75, 3.05) is 0 Å². The third-order valence-electron chi connectivity index (χ3n) is 0.922. The lowest BCUT2D eigenvalue weighted by atomic mass is 10.3. The summed E-state index contributed by atoms with van der Waals surface area (Å²) < 4.78 is 0. The highest BCUT2D eigenvalue weighted by molar-refractivity contribution is 5.74. The quantitative estimate of drug-likeness (QED) is 0.553. The molecule has 52 valence electrons. The minimum Gasteiger partial charge on any atom is -0.382 e. The van der Waals surface area contributed by atoms with E-state index < -0.39 is 0 Å². The molecule has 0 aromatic heterocycles. The van der Waals surface area contributed by atoms with Crippen LogP contribution in [-0.4, -0.2) is 12.3 Å². The fourth-order valence-corrected chi connectivity index (χ4v) is 0.542. The monoisotopic (exact) mass is 126 g/mol. The molecule has 2 N–H and O–H groups in total. The molecule has 2 heteroatoms. The maximum Gasteiger partial charge on any atom is 0.0477 e. The molecule has 0 aliphatic heterocycles. The van der Waals surface area contributed by atoms with Crippen molar-refractivity contribution in [2.24, 2.45) is 0 Å². The molecule has 0 aromatic rings. The van der Waals surface area contributed by atoms with Gasteiger partial charge in [0.1, 0.15) is 0 Å². The number of allylic oxidation sites excluding steroid dienone is 2. The molecule has 9 heavy (non-hydrogen) atoms. The lowest BCUT2D eigenvalue weighted by Gasteiger charge is -2.08. The van der Waals surface area contributed by atoms with E-state index in [0.717, 1.165) is 5.70 Å². The Bertz CT molecular complexity index is 114. The zero-order valence-corrected chi connectivity index (χ0v) is 6.23. The van der Waals surface area contributed by atoms with E-state index in [0.29, 0.717) is 6.04 Å². The van der Waals surface area contributed by atoms with Crippen molar-refractivity contribution in [3.8, 4) is 0 Å². The second-order valence-corrected chi connectivity index (χ2v) is 2.19. The maximum absolute atomic E-state index is 6.90. The first-order chi connectivity index (χ1) is 4.20. The maximum atomic E-state index is 6.90. The van der Waals surface area contributed by atoms with Crippen LogP contribution in [0.1, 0.15) is 20.8 Å². The number of nitrogens with one attached hydrogen (secondary N) is 2. The highest BCUT2D eigenvalue weighted by Gasteiger charge is 1.91. The van der Waals surface area contributed by atoms with Gasteiger partial charge in [0.2, 0.25) is 0 Å². The Labute approximate surface area is 56.5 Å². The average Bonchev–Trinajstić information content (AvgIpc) is 1.82. The van der Waals surface area contributed by atoms with Gasteiger partial charge >= 0.3 is 0 Å². The largest absolute Gasteiger partial charge is 0.382 e. The molecule has 2 nitrogen and oxygen atoms in total. The standard InChI is InChI=1S/C7H14N2/c1-4-7(5-8)9-6(2)3/h4-6,8-9H,1-3H3/b7-4+,8-5?. The van der Waals surface area contributed by atoms with Crippen molar-refractivity contribution >= 4 is 6.21 Å². The van der Waals surface area contributed by atoms with Crippen LogP contribution in [0, 0.1) is 5.41 Å². The van der Waals surface area contributed by atoms with E-state index in [2.05, 4.69) is 5.32 Å². The summed E-state index contributed by atoms with van der Waals surface area (Å²) in [5.41, 5.74) is 0.880. The van der Waals surface area contributed by atoms with Crippen LogP contribution in [0.2, 0.25) is 0 Å². The first-order valence-electron chi connectivity index (χ1n) is 3.14. The summed E-state index contributed by atoms with van der Waals surface area (Å²) in [6.45, 7) is 6.01. The molecule has 0 unspecified atom stereocenters. The lowest BCUT2D eigenvalue weighted by Crippen LogP contribution is -2.22. The van der Waals surface area contributed by atoms with Crippen LogP contribution in [0.5, 0.6) is 0 Å². The van der Waals surface area contributed by atoms with E-state index in [1.807, 2.05) is 26.8 Å².